The highest BCUT2D eigenvalue weighted by Gasteiger charge is 2.46. The molecule has 0 amide bonds. The molecule has 0 saturated heterocycles. The van der Waals surface area contributed by atoms with E-state index in [4.69, 9.17) is 12.7 Å². The molecule has 0 saturated carbocycles. The summed E-state index contributed by atoms with van der Waals surface area (Å²) in [5.74, 6) is 0. The first kappa shape index (κ1) is 18.3. The highest BCUT2D eigenvalue weighted by atomic mass is 127. The number of halogens is 1. The highest BCUT2D eigenvalue weighted by Crippen LogP contribution is 2.26. The quantitative estimate of drug-likeness (QED) is 0.345. The van der Waals surface area contributed by atoms with Gasteiger partial charge in [0, 0.05) is 13.2 Å². The van der Waals surface area contributed by atoms with Crippen molar-refractivity contribution < 1.29 is 12.7 Å². The summed E-state index contributed by atoms with van der Waals surface area (Å²) in [5, 5.41) is 0. The minimum atomic E-state index is -2.44. The van der Waals surface area contributed by atoms with E-state index in [9.17, 15) is 0 Å². The van der Waals surface area contributed by atoms with Crippen LogP contribution >= 0.6 is 22.6 Å². The highest BCUT2D eigenvalue weighted by molar-refractivity contribution is 14.1. The maximum atomic E-state index is 6.32. The van der Waals surface area contributed by atoms with Crippen molar-refractivity contribution in [2.75, 3.05) is 11.5 Å². The van der Waals surface area contributed by atoms with Crippen LogP contribution in [0.2, 0.25) is 45.3 Å². The maximum absolute atomic E-state index is 6.32. The van der Waals surface area contributed by atoms with Crippen molar-refractivity contribution in [3.05, 3.63) is 0 Å². The number of hydrogen-bond acceptors (Lipinski definition) is 3. The van der Waals surface area contributed by atoms with E-state index in [1.54, 1.807) is 7.11 Å². The molecule has 104 valence electrons. The molecule has 0 atom stereocenters. The van der Waals surface area contributed by atoms with E-state index in [0.717, 1.165) is 16.9 Å². The third-order valence-corrected chi connectivity index (χ3v) is 11.6. The molecule has 0 heterocycles. The zero-order valence-electron chi connectivity index (χ0n) is 12.2. The van der Waals surface area contributed by atoms with Gasteiger partial charge in [0.25, 0.3) is 0 Å². The van der Waals surface area contributed by atoms with E-state index in [1.165, 1.54) is 0 Å². The van der Waals surface area contributed by atoms with Gasteiger partial charge < -0.3 is 12.7 Å². The molecule has 17 heavy (non-hydrogen) atoms. The summed E-state index contributed by atoms with van der Waals surface area (Å²) in [5.41, 5.74) is 0. The van der Waals surface area contributed by atoms with Crippen molar-refractivity contribution in [3.63, 3.8) is 0 Å². The van der Waals surface area contributed by atoms with Crippen molar-refractivity contribution in [3.8, 4) is 0 Å². The smallest absolute Gasteiger partial charge is 0.416 e. The first-order valence-electron chi connectivity index (χ1n) is 6.05. The van der Waals surface area contributed by atoms with Crippen molar-refractivity contribution in [1.82, 2.24) is 0 Å². The van der Waals surface area contributed by atoms with E-state index in [1.807, 2.05) is 0 Å². The standard InChI is InChI=1S/C10H27IO3Si3/c1-12-17(10-8-9-11,13-15(2,3)4)14-16(5,6)7/h8-10H2,1-7H3. The van der Waals surface area contributed by atoms with Gasteiger partial charge in [0.05, 0.1) is 0 Å². The summed E-state index contributed by atoms with van der Waals surface area (Å²) in [6.07, 6.45) is 1.11. The number of alkyl halides is 1. The summed E-state index contributed by atoms with van der Waals surface area (Å²) in [7, 11) is -3.96. The zero-order valence-corrected chi connectivity index (χ0v) is 17.4. The van der Waals surface area contributed by atoms with E-state index in [0.29, 0.717) is 0 Å². The summed E-state index contributed by atoms with van der Waals surface area (Å²) in [6, 6.07) is 0.945. The van der Waals surface area contributed by atoms with Gasteiger partial charge in [-0.15, -0.1) is 0 Å². The molecule has 0 aliphatic rings. The van der Waals surface area contributed by atoms with Crippen molar-refractivity contribution in [2.45, 2.75) is 51.7 Å². The molecule has 7 heteroatoms. The molecule has 3 nitrogen and oxygen atoms in total. The molecular weight excluding hydrogens is 379 g/mol. The Balaban J connectivity index is 4.87. The molecule has 0 aliphatic carbocycles. The minimum absolute atomic E-state index is 0.945. The molecule has 0 radical (unpaired) electrons. The summed E-state index contributed by atoms with van der Waals surface area (Å²) in [6.45, 7) is 13.2. The number of rotatable bonds is 8. The Hall–Kier alpha value is 1.26. The van der Waals surface area contributed by atoms with E-state index in [2.05, 4.69) is 61.9 Å². The van der Waals surface area contributed by atoms with Gasteiger partial charge in [-0.1, -0.05) is 22.6 Å². The molecule has 0 rings (SSSR count). The Morgan fingerprint density at radius 3 is 1.53 bits per heavy atom. The largest absolute Gasteiger partial charge is 0.479 e. The fourth-order valence-electron chi connectivity index (χ4n) is 1.52. The summed E-state index contributed by atoms with van der Waals surface area (Å²) in [4.78, 5) is 0. The van der Waals surface area contributed by atoms with Gasteiger partial charge in [-0.05, 0) is 50.1 Å². The van der Waals surface area contributed by atoms with Crippen LogP contribution in [0.25, 0.3) is 0 Å². The van der Waals surface area contributed by atoms with Crippen LogP contribution in [0.1, 0.15) is 6.42 Å². The Morgan fingerprint density at radius 2 is 1.29 bits per heavy atom. The maximum Gasteiger partial charge on any atom is 0.479 e. The molecule has 0 aromatic heterocycles. The van der Waals surface area contributed by atoms with E-state index < -0.39 is 25.4 Å². The van der Waals surface area contributed by atoms with E-state index >= 15 is 0 Å². The summed E-state index contributed by atoms with van der Waals surface area (Å²) >= 11 is 2.40. The predicted octanol–water partition coefficient (Wildman–Crippen LogP) is 4.10. The van der Waals surface area contributed by atoms with Crippen molar-refractivity contribution >= 4 is 48.0 Å². The van der Waals surface area contributed by atoms with Gasteiger partial charge in [0.15, 0.2) is 16.6 Å². The van der Waals surface area contributed by atoms with Gasteiger partial charge in [0.2, 0.25) is 0 Å². The average molecular weight is 406 g/mol. The first-order chi connectivity index (χ1) is 7.54. The second-order valence-electron chi connectivity index (χ2n) is 6.11. The van der Waals surface area contributed by atoms with Crippen molar-refractivity contribution in [2.24, 2.45) is 0 Å². The van der Waals surface area contributed by atoms with Crippen LogP contribution in [-0.4, -0.2) is 37.0 Å². The Labute approximate surface area is 123 Å². The van der Waals surface area contributed by atoms with Gasteiger partial charge >= 0.3 is 8.80 Å². The second-order valence-corrected chi connectivity index (χ2v) is 19.5. The molecule has 0 spiro atoms. The number of hydrogen-bond donors (Lipinski definition) is 0. The fourth-order valence-corrected chi connectivity index (χ4v) is 12.9. The Morgan fingerprint density at radius 1 is 0.882 bits per heavy atom. The van der Waals surface area contributed by atoms with Crippen LogP contribution in [0.3, 0.4) is 0 Å². The fraction of sp³-hybridized carbons (Fsp3) is 1.00. The first-order valence-corrected chi connectivity index (χ1v) is 16.3. The molecule has 0 fully saturated rings. The predicted molar refractivity (Wildman–Crippen MR) is 89.9 cm³/mol. The lowest BCUT2D eigenvalue weighted by molar-refractivity contribution is 0.199. The van der Waals surface area contributed by atoms with E-state index in [-0.39, 0.29) is 0 Å². The third-order valence-electron chi connectivity index (χ3n) is 1.85. The SMILES string of the molecule is CO[Si](CCCI)(O[Si](C)(C)C)O[Si](C)(C)C. The molecule has 0 aromatic carbocycles. The van der Waals surface area contributed by atoms with Crippen LogP contribution < -0.4 is 0 Å². The van der Waals surface area contributed by atoms with Crippen LogP contribution in [0.4, 0.5) is 0 Å². The zero-order chi connectivity index (χ0) is 13.7. The molecule has 0 N–H and O–H groups in total. The average Bonchev–Trinajstić information content (AvgIpc) is 2.09. The van der Waals surface area contributed by atoms with Gasteiger partial charge in [0.1, 0.15) is 0 Å². The normalized spacial score (nSPS) is 14.1. The van der Waals surface area contributed by atoms with Gasteiger partial charge in [-0.25, -0.2) is 0 Å². The third kappa shape index (κ3) is 8.89. The van der Waals surface area contributed by atoms with Gasteiger partial charge in [-0.2, -0.15) is 0 Å². The lowest BCUT2D eigenvalue weighted by atomic mass is 10.6. The van der Waals surface area contributed by atoms with Crippen LogP contribution in [-0.2, 0) is 12.7 Å². The molecule has 0 bridgehead atoms. The van der Waals surface area contributed by atoms with Crippen LogP contribution in [0.15, 0.2) is 0 Å². The minimum Gasteiger partial charge on any atom is -0.416 e. The topological polar surface area (TPSA) is 27.7 Å². The van der Waals surface area contributed by atoms with Gasteiger partial charge in [-0.3, -0.25) is 0 Å². The monoisotopic (exact) mass is 406 g/mol. The lowest BCUT2D eigenvalue weighted by Crippen LogP contribution is -2.56. The molecule has 0 unspecified atom stereocenters. The Bertz CT molecular complexity index is 210. The van der Waals surface area contributed by atoms with Crippen molar-refractivity contribution in [1.29, 1.82) is 0 Å². The molecule has 0 aromatic rings. The Kier molecular flexibility index (Phi) is 7.68. The lowest BCUT2D eigenvalue weighted by Gasteiger charge is -2.38. The van der Waals surface area contributed by atoms with Crippen LogP contribution in [0.5, 0.6) is 0 Å². The summed E-state index contributed by atoms with van der Waals surface area (Å²) < 4.78 is 19.5. The molecule has 0 aliphatic heterocycles. The molecular formula is C10H27IO3Si3. The second kappa shape index (κ2) is 7.15. The van der Waals surface area contributed by atoms with Crippen LogP contribution in [0, 0.1) is 0 Å².